The number of aryl methyl sites for hydroxylation is 3. The van der Waals surface area contributed by atoms with Crippen LogP contribution in [0.1, 0.15) is 28.1 Å². The summed E-state index contributed by atoms with van der Waals surface area (Å²) in [6.45, 7) is 7.14. The Hall–Kier alpha value is -2.18. The average Bonchev–Trinajstić information content (AvgIpc) is 2.96. The molecule has 1 saturated heterocycles. The molecule has 2 N–H and O–H groups in total. The number of H-pyrrole nitrogens is 1. The van der Waals surface area contributed by atoms with Crippen molar-refractivity contribution in [2.75, 3.05) is 26.3 Å². The average molecular weight is 357 g/mol. The molecule has 1 aromatic heterocycles. The predicted molar refractivity (Wildman–Crippen MR) is 99.0 cm³/mol. The minimum atomic E-state index is -0.749. The van der Waals surface area contributed by atoms with Crippen molar-refractivity contribution in [2.45, 2.75) is 39.2 Å². The van der Waals surface area contributed by atoms with Crippen LogP contribution in [0.25, 0.3) is 0 Å². The Morgan fingerprint density at radius 1 is 1.35 bits per heavy atom. The molecule has 1 aromatic carbocycles. The van der Waals surface area contributed by atoms with E-state index in [4.69, 9.17) is 4.74 Å². The van der Waals surface area contributed by atoms with Gasteiger partial charge < -0.3 is 14.7 Å². The zero-order valence-corrected chi connectivity index (χ0v) is 15.7. The molecule has 1 aliphatic heterocycles. The van der Waals surface area contributed by atoms with Gasteiger partial charge in [0.05, 0.1) is 31.9 Å². The molecule has 0 radical (unpaired) electrons. The van der Waals surface area contributed by atoms with Gasteiger partial charge in [0, 0.05) is 24.2 Å². The van der Waals surface area contributed by atoms with E-state index in [2.05, 4.69) is 29.3 Å². The van der Waals surface area contributed by atoms with Crippen molar-refractivity contribution in [3.8, 4) is 0 Å². The van der Waals surface area contributed by atoms with Crippen molar-refractivity contribution in [2.24, 2.45) is 0 Å². The molecular weight excluding hydrogens is 330 g/mol. The van der Waals surface area contributed by atoms with Crippen molar-refractivity contribution in [3.63, 3.8) is 0 Å². The van der Waals surface area contributed by atoms with E-state index in [0.29, 0.717) is 32.5 Å². The summed E-state index contributed by atoms with van der Waals surface area (Å²) in [5.74, 6) is 0.0449. The minimum Gasteiger partial charge on any atom is -0.393 e. The van der Waals surface area contributed by atoms with E-state index >= 15 is 0 Å². The molecule has 2 aromatic rings. The lowest BCUT2D eigenvalue weighted by atomic mass is 9.90. The number of carbonyl (C=O) groups excluding carboxylic acids is 1. The maximum atomic E-state index is 12.8. The van der Waals surface area contributed by atoms with Gasteiger partial charge in [0.1, 0.15) is 5.60 Å². The van der Waals surface area contributed by atoms with Crippen LogP contribution < -0.4 is 0 Å². The Morgan fingerprint density at radius 2 is 2.12 bits per heavy atom. The number of hydrogen-bond donors (Lipinski definition) is 2. The number of aliphatic hydroxyl groups excluding tert-OH is 1. The first-order chi connectivity index (χ1) is 12.4. The van der Waals surface area contributed by atoms with Gasteiger partial charge in [0.2, 0.25) is 5.91 Å². The second-order valence-electron chi connectivity index (χ2n) is 7.20. The third-order valence-electron chi connectivity index (χ3n) is 5.27. The standard InChI is InChI=1S/C20H27N3O3/c1-14-6-4-5-7-17(14)11-20(13-24)12-23(8-9-26-20)19(25)10-18-15(2)21-22-16(18)3/h4-7,24H,8-13H2,1-3H3,(H,21,22)/t20-/m1/s1. The van der Waals surface area contributed by atoms with Crippen LogP contribution >= 0.6 is 0 Å². The minimum absolute atomic E-state index is 0.0449. The number of benzene rings is 1. The van der Waals surface area contributed by atoms with Crippen LogP contribution in [0, 0.1) is 20.8 Å². The number of rotatable bonds is 5. The van der Waals surface area contributed by atoms with Crippen molar-refractivity contribution in [1.82, 2.24) is 15.1 Å². The number of carbonyl (C=O) groups is 1. The lowest BCUT2D eigenvalue weighted by Gasteiger charge is -2.42. The topological polar surface area (TPSA) is 78.5 Å². The van der Waals surface area contributed by atoms with Gasteiger partial charge in [0.15, 0.2) is 0 Å². The van der Waals surface area contributed by atoms with E-state index in [1.165, 1.54) is 0 Å². The summed E-state index contributed by atoms with van der Waals surface area (Å²) in [6, 6.07) is 8.09. The van der Waals surface area contributed by atoms with Gasteiger partial charge in [0.25, 0.3) is 0 Å². The lowest BCUT2D eigenvalue weighted by molar-refractivity contribution is -0.157. The number of hydrogen-bond acceptors (Lipinski definition) is 4. The van der Waals surface area contributed by atoms with Crippen LogP contribution in [-0.2, 0) is 22.4 Å². The fourth-order valence-electron chi connectivity index (χ4n) is 3.57. The number of aromatic nitrogens is 2. The number of amides is 1. The first-order valence-electron chi connectivity index (χ1n) is 9.02. The summed E-state index contributed by atoms with van der Waals surface area (Å²) < 4.78 is 5.97. The van der Waals surface area contributed by atoms with Gasteiger partial charge in [-0.05, 0) is 31.9 Å². The third-order valence-corrected chi connectivity index (χ3v) is 5.27. The van der Waals surface area contributed by atoms with Gasteiger partial charge in [-0.15, -0.1) is 0 Å². The third kappa shape index (κ3) is 3.81. The van der Waals surface area contributed by atoms with Gasteiger partial charge in [-0.3, -0.25) is 9.89 Å². The van der Waals surface area contributed by atoms with Crippen LogP contribution in [0.2, 0.25) is 0 Å². The number of morpholine rings is 1. The lowest BCUT2D eigenvalue weighted by Crippen LogP contribution is -2.57. The predicted octanol–water partition coefficient (Wildman–Crippen LogP) is 1.71. The monoisotopic (exact) mass is 357 g/mol. The summed E-state index contributed by atoms with van der Waals surface area (Å²) in [5.41, 5.74) is 4.29. The molecule has 1 amide bonds. The van der Waals surface area contributed by atoms with Crippen molar-refractivity contribution in [1.29, 1.82) is 0 Å². The molecule has 1 aliphatic rings. The Kier molecular flexibility index (Phi) is 5.44. The van der Waals surface area contributed by atoms with Gasteiger partial charge in [-0.25, -0.2) is 0 Å². The normalized spacial score (nSPS) is 20.4. The fraction of sp³-hybridized carbons (Fsp3) is 0.500. The molecule has 3 rings (SSSR count). The quantitative estimate of drug-likeness (QED) is 0.854. The second-order valence-corrected chi connectivity index (χ2v) is 7.20. The first-order valence-corrected chi connectivity index (χ1v) is 9.02. The van der Waals surface area contributed by atoms with E-state index in [1.54, 1.807) is 0 Å². The molecule has 0 aliphatic carbocycles. The molecule has 6 nitrogen and oxygen atoms in total. The molecule has 140 valence electrons. The van der Waals surface area contributed by atoms with Crippen LogP contribution in [0.15, 0.2) is 24.3 Å². The van der Waals surface area contributed by atoms with E-state index < -0.39 is 5.60 Å². The molecule has 1 atom stereocenters. The van der Waals surface area contributed by atoms with Crippen molar-refractivity contribution >= 4 is 5.91 Å². The second kappa shape index (κ2) is 7.60. The van der Waals surface area contributed by atoms with Crippen molar-refractivity contribution in [3.05, 3.63) is 52.3 Å². The molecule has 2 heterocycles. The fourth-order valence-corrected chi connectivity index (χ4v) is 3.57. The Bertz CT molecular complexity index is 767. The highest BCUT2D eigenvalue weighted by Crippen LogP contribution is 2.25. The first kappa shape index (κ1) is 18.6. The van der Waals surface area contributed by atoms with Gasteiger partial charge >= 0.3 is 0 Å². The molecule has 0 spiro atoms. The zero-order valence-electron chi connectivity index (χ0n) is 15.7. The smallest absolute Gasteiger partial charge is 0.227 e. The number of aromatic amines is 1. The highest BCUT2D eigenvalue weighted by Gasteiger charge is 2.38. The summed E-state index contributed by atoms with van der Waals surface area (Å²) in [6.07, 6.45) is 0.907. The molecule has 1 fully saturated rings. The van der Waals surface area contributed by atoms with E-state index in [0.717, 1.165) is 28.1 Å². The molecule has 0 bridgehead atoms. The molecule has 26 heavy (non-hydrogen) atoms. The number of nitrogens with one attached hydrogen (secondary N) is 1. The SMILES string of the molecule is Cc1ccccc1C[C@]1(CO)CN(C(=O)Cc2c(C)n[nH]c2C)CCO1. The Labute approximate surface area is 154 Å². The van der Waals surface area contributed by atoms with Crippen LogP contribution in [-0.4, -0.2) is 58.0 Å². The zero-order chi connectivity index (χ0) is 18.7. The van der Waals surface area contributed by atoms with Crippen molar-refractivity contribution < 1.29 is 14.6 Å². The molecular formula is C20H27N3O3. The van der Waals surface area contributed by atoms with Crippen LogP contribution in [0.5, 0.6) is 0 Å². The summed E-state index contributed by atoms with van der Waals surface area (Å²) >= 11 is 0. The summed E-state index contributed by atoms with van der Waals surface area (Å²) in [7, 11) is 0. The molecule has 0 saturated carbocycles. The molecule has 6 heteroatoms. The maximum Gasteiger partial charge on any atom is 0.227 e. The van der Waals surface area contributed by atoms with E-state index in [1.807, 2.05) is 30.9 Å². The number of nitrogens with zero attached hydrogens (tertiary/aromatic N) is 2. The highest BCUT2D eigenvalue weighted by molar-refractivity contribution is 5.79. The van der Waals surface area contributed by atoms with Gasteiger partial charge in [-0.1, -0.05) is 24.3 Å². The van der Waals surface area contributed by atoms with E-state index in [9.17, 15) is 9.90 Å². The van der Waals surface area contributed by atoms with Crippen LogP contribution in [0.4, 0.5) is 0 Å². The van der Waals surface area contributed by atoms with E-state index in [-0.39, 0.29) is 12.5 Å². The summed E-state index contributed by atoms with van der Waals surface area (Å²) in [4.78, 5) is 14.6. The van der Waals surface area contributed by atoms with Crippen LogP contribution in [0.3, 0.4) is 0 Å². The largest absolute Gasteiger partial charge is 0.393 e. The Morgan fingerprint density at radius 3 is 2.77 bits per heavy atom. The Balaban J connectivity index is 1.74. The molecule has 0 unspecified atom stereocenters. The maximum absolute atomic E-state index is 12.8. The number of ether oxygens (including phenoxy) is 1. The highest BCUT2D eigenvalue weighted by atomic mass is 16.5. The van der Waals surface area contributed by atoms with Gasteiger partial charge in [-0.2, -0.15) is 5.10 Å². The number of aliphatic hydroxyl groups is 1. The summed E-state index contributed by atoms with van der Waals surface area (Å²) in [5, 5.41) is 17.2.